The highest BCUT2D eigenvalue weighted by molar-refractivity contribution is 6.30. The molecule has 5 rings (SSSR count). The molecule has 0 aliphatic carbocycles. The third kappa shape index (κ3) is 20.3. The lowest BCUT2D eigenvalue weighted by molar-refractivity contribution is -0.137. The van der Waals surface area contributed by atoms with E-state index in [4.69, 9.17) is 21.6 Å². The summed E-state index contributed by atoms with van der Waals surface area (Å²) < 4.78 is 44.6. The van der Waals surface area contributed by atoms with E-state index in [1.54, 1.807) is 6.07 Å². The number of nitrogens with zero attached hydrogens (tertiary/aromatic N) is 3. The molecule has 0 aromatic heterocycles. The number of ether oxygens (including phenoxy) is 1. The Labute approximate surface area is 466 Å². The quantitative estimate of drug-likeness (QED) is 0.187. The molecule has 0 unspecified atom stereocenters. The van der Waals surface area contributed by atoms with Crippen molar-refractivity contribution in [3.8, 4) is 11.8 Å². The topological polar surface area (TPSA) is 56.6 Å². The molecule has 1 saturated heterocycles. The summed E-state index contributed by atoms with van der Waals surface area (Å²) in [7, 11) is 0. The molecule has 1 amide bonds. The van der Waals surface area contributed by atoms with Gasteiger partial charge < -0.3 is 9.64 Å². The first-order valence-corrected chi connectivity index (χ1v) is 27.5. The first-order chi connectivity index (χ1) is 34.1. The standard InChI is InChI=1S/C23H36N2O2.C15H21F3.C15H21N.C14H21Cl/c1-8-20(26)25-14-12-24(13-15-25)16-17-27-19-11-9-10-18(22(2,3)4)21(19)23(5,6)7;1-13(2,3)11-8-7-10(15(16,17)18)9-12(11)14(4,5)6;1-14(2,3)12-8-7-11(10-16)9-13(12)15(4,5)6;1-13(2,3)11-8-7-10(15)9-12(11)14(4,5)6/h8-11H,1,12-17H2,2-7H3;7-9H,1-6H3;7-9H,1-6H3;7-9H,1-6H3. The Morgan fingerprint density at radius 3 is 1.36 bits per heavy atom. The first-order valence-electron chi connectivity index (χ1n) is 27.1. The van der Waals surface area contributed by atoms with Gasteiger partial charge in [-0.05, 0) is 131 Å². The molecule has 0 radical (unpaired) electrons. The summed E-state index contributed by atoms with van der Waals surface area (Å²) in [6.45, 7) is 60.4. The molecule has 0 atom stereocenters. The van der Waals surface area contributed by atoms with Crippen molar-refractivity contribution < 1.29 is 22.7 Å². The Morgan fingerprint density at radius 1 is 0.553 bits per heavy atom. The van der Waals surface area contributed by atoms with Gasteiger partial charge in [-0.25, -0.2) is 0 Å². The molecule has 1 fully saturated rings. The van der Waals surface area contributed by atoms with Crippen LogP contribution in [0.25, 0.3) is 0 Å². The van der Waals surface area contributed by atoms with Crippen LogP contribution in [0.1, 0.15) is 222 Å². The summed E-state index contributed by atoms with van der Waals surface area (Å²) in [4.78, 5) is 15.9. The number of carbonyl (C=O) groups is 1. The monoisotopic (exact) mass is 1070 g/mol. The second kappa shape index (κ2) is 25.5. The average molecular weight is 1070 g/mol. The molecule has 1 heterocycles. The molecule has 1 aliphatic rings. The van der Waals surface area contributed by atoms with Gasteiger partial charge >= 0.3 is 6.18 Å². The molecule has 0 bridgehead atoms. The molecule has 76 heavy (non-hydrogen) atoms. The van der Waals surface area contributed by atoms with Crippen molar-refractivity contribution in [3.05, 3.63) is 146 Å². The van der Waals surface area contributed by atoms with E-state index in [2.05, 4.69) is 179 Å². The van der Waals surface area contributed by atoms with Crippen LogP contribution in [0, 0.1) is 11.3 Å². The average Bonchev–Trinajstić information content (AvgIpc) is 3.26. The smallest absolute Gasteiger partial charge is 0.416 e. The van der Waals surface area contributed by atoms with E-state index in [0.29, 0.717) is 6.61 Å². The summed E-state index contributed by atoms with van der Waals surface area (Å²) in [5.41, 5.74) is 10.1. The van der Waals surface area contributed by atoms with Crippen molar-refractivity contribution in [3.63, 3.8) is 0 Å². The fraction of sp³-hybridized carbons (Fsp3) is 0.582. The van der Waals surface area contributed by atoms with Gasteiger partial charge in [0, 0.05) is 43.3 Å². The van der Waals surface area contributed by atoms with Gasteiger partial charge in [0.25, 0.3) is 0 Å². The lowest BCUT2D eigenvalue weighted by Crippen LogP contribution is -2.49. The Morgan fingerprint density at radius 2 is 0.961 bits per heavy atom. The normalized spacial score (nSPS) is 14.2. The molecule has 4 aromatic carbocycles. The highest BCUT2D eigenvalue weighted by atomic mass is 35.5. The molecule has 4 aromatic rings. The van der Waals surface area contributed by atoms with E-state index in [1.807, 2.05) is 64.6 Å². The van der Waals surface area contributed by atoms with Crippen molar-refractivity contribution in [2.24, 2.45) is 0 Å². The van der Waals surface area contributed by atoms with Crippen LogP contribution >= 0.6 is 11.6 Å². The number of carbonyl (C=O) groups excluding carboxylic acids is 1. The van der Waals surface area contributed by atoms with Gasteiger partial charge in [-0.1, -0.05) is 215 Å². The van der Waals surface area contributed by atoms with Crippen LogP contribution in [-0.4, -0.2) is 55.0 Å². The minimum Gasteiger partial charge on any atom is -0.492 e. The Kier molecular flexibility index (Phi) is 22.6. The number of benzene rings is 4. The molecule has 0 N–H and O–H groups in total. The second-order valence-corrected chi connectivity index (χ2v) is 29.2. The van der Waals surface area contributed by atoms with Crippen LogP contribution < -0.4 is 4.74 Å². The number of amides is 1. The predicted octanol–water partition coefficient (Wildman–Crippen LogP) is 18.4. The zero-order valence-corrected chi connectivity index (χ0v) is 52.4. The zero-order valence-electron chi connectivity index (χ0n) is 51.6. The van der Waals surface area contributed by atoms with Crippen LogP contribution in [-0.2, 0) is 54.3 Å². The number of hydrogen-bond acceptors (Lipinski definition) is 4. The zero-order chi connectivity index (χ0) is 59.0. The minimum absolute atomic E-state index is 0.0237. The third-order valence-corrected chi connectivity index (χ3v) is 13.7. The van der Waals surface area contributed by atoms with E-state index < -0.39 is 11.7 Å². The Hall–Kier alpha value is -4.58. The molecule has 0 saturated carbocycles. The maximum absolute atomic E-state index is 12.8. The fourth-order valence-electron chi connectivity index (χ4n) is 9.33. The maximum atomic E-state index is 12.8. The number of alkyl halides is 3. The lowest BCUT2D eigenvalue weighted by Gasteiger charge is -2.34. The number of halogens is 4. The lowest BCUT2D eigenvalue weighted by atomic mass is 9.74. The number of piperazine rings is 1. The van der Waals surface area contributed by atoms with Gasteiger partial charge in [0.15, 0.2) is 0 Å². The van der Waals surface area contributed by atoms with Gasteiger partial charge in [-0.2, -0.15) is 18.4 Å². The minimum atomic E-state index is -4.28. The molecule has 5 nitrogen and oxygen atoms in total. The van der Waals surface area contributed by atoms with Gasteiger partial charge in [0.1, 0.15) is 12.4 Å². The Bertz CT molecular complexity index is 2590. The van der Waals surface area contributed by atoms with Crippen LogP contribution in [0.15, 0.2) is 85.5 Å². The fourth-order valence-corrected chi connectivity index (χ4v) is 9.50. The maximum Gasteiger partial charge on any atom is 0.416 e. The second-order valence-electron chi connectivity index (χ2n) is 28.7. The van der Waals surface area contributed by atoms with Crippen molar-refractivity contribution >= 4 is 17.5 Å². The van der Waals surface area contributed by atoms with Crippen molar-refractivity contribution in [1.82, 2.24) is 9.80 Å². The summed E-state index contributed by atoms with van der Waals surface area (Å²) >= 11 is 6.07. The van der Waals surface area contributed by atoms with Crippen molar-refractivity contribution in [1.29, 1.82) is 5.26 Å². The van der Waals surface area contributed by atoms with Gasteiger partial charge in [0.05, 0.1) is 17.2 Å². The molecule has 1 aliphatic heterocycles. The van der Waals surface area contributed by atoms with Crippen molar-refractivity contribution in [2.75, 3.05) is 39.3 Å². The van der Waals surface area contributed by atoms with E-state index in [0.717, 1.165) is 60.2 Å². The van der Waals surface area contributed by atoms with Crippen LogP contribution in [0.2, 0.25) is 5.02 Å². The number of hydrogen-bond donors (Lipinski definition) is 0. The molecule has 422 valence electrons. The molecule has 0 spiro atoms. The third-order valence-electron chi connectivity index (χ3n) is 13.4. The predicted molar refractivity (Wildman–Crippen MR) is 319 cm³/mol. The van der Waals surface area contributed by atoms with Crippen LogP contribution in [0.5, 0.6) is 5.75 Å². The Balaban J connectivity index is 0.000000358. The highest BCUT2D eigenvalue weighted by Crippen LogP contribution is 2.42. The van der Waals surface area contributed by atoms with Gasteiger partial charge in [0.2, 0.25) is 5.91 Å². The summed E-state index contributed by atoms with van der Waals surface area (Å²) in [5.74, 6) is 1.02. The SMILES string of the molecule is C=CC(=O)N1CCN(CCOc2cccc(C(C)(C)C)c2C(C)(C)C)CC1.CC(C)(C)c1ccc(C#N)cc1C(C)(C)C.CC(C)(C)c1ccc(C(F)(F)F)cc1C(C)(C)C.CC(C)(C)c1ccc(Cl)cc1C(C)(C)C. The van der Waals surface area contributed by atoms with Gasteiger partial charge in [-0.3, -0.25) is 9.69 Å². The largest absolute Gasteiger partial charge is 0.492 e. The van der Waals surface area contributed by atoms with E-state index >= 15 is 0 Å². The van der Waals surface area contributed by atoms with Crippen LogP contribution in [0.3, 0.4) is 0 Å². The van der Waals surface area contributed by atoms with E-state index in [-0.39, 0.29) is 49.2 Å². The summed E-state index contributed by atoms with van der Waals surface area (Å²) in [5, 5.41) is 9.80. The van der Waals surface area contributed by atoms with E-state index in [1.165, 1.54) is 51.6 Å². The van der Waals surface area contributed by atoms with Crippen molar-refractivity contribution in [2.45, 2.75) is 216 Å². The number of rotatable bonds is 5. The van der Waals surface area contributed by atoms with Gasteiger partial charge in [-0.15, -0.1) is 0 Å². The molecular formula is C67H99ClF3N3O2. The van der Waals surface area contributed by atoms with E-state index in [9.17, 15) is 18.0 Å². The van der Waals surface area contributed by atoms with Crippen LogP contribution in [0.4, 0.5) is 13.2 Å². The summed E-state index contributed by atoms with van der Waals surface area (Å²) in [6, 6.07) is 25.0. The highest BCUT2D eigenvalue weighted by Gasteiger charge is 2.35. The molecule has 9 heteroatoms. The summed E-state index contributed by atoms with van der Waals surface area (Å²) in [6.07, 6.45) is -2.88. The molecular weight excluding hydrogens is 971 g/mol. The number of nitriles is 1. The first kappa shape index (κ1) is 67.5.